The zero-order chi connectivity index (χ0) is 16.9. The molecule has 3 aromatic rings. The van der Waals surface area contributed by atoms with Crippen LogP contribution in [0.4, 0.5) is 0 Å². The van der Waals surface area contributed by atoms with Gasteiger partial charge >= 0.3 is 5.69 Å². The molecule has 0 atom stereocenters. The van der Waals surface area contributed by atoms with Gasteiger partial charge in [-0.15, -0.1) is 0 Å². The van der Waals surface area contributed by atoms with Crippen LogP contribution in [0, 0.1) is 0 Å². The van der Waals surface area contributed by atoms with Gasteiger partial charge in [-0.05, 0) is 29.5 Å². The van der Waals surface area contributed by atoms with Crippen LogP contribution < -0.4 is 15.2 Å². The number of aromatic nitrogens is 6. The van der Waals surface area contributed by atoms with E-state index >= 15 is 0 Å². The molecule has 0 fully saturated rings. The molecule has 124 valence electrons. The summed E-state index contributed by atoms with van der Waals surface area (Å²) in [6, 6.07) is 7.07. The maximum atomic E-state index is 12.2. The Balaban J connectivity index is 2.01. The summed E-state index contributed by atoms with van der Waals surface area (Å²) in [5.41, 5.74) is 0.898. The molecule has 0 bridgehead atoms. The van der Waals surface area contributed by atoms with Gasteiger partial charge in [0.25, 0.3) is 0 Å². The van der Waals surface area contributed by atoms with E-state index in [2.05, 4.69) is 20.6 Å². The third kappa shape index (κ3) is 3.09. The molecule has 0 saturated carbocycles. The topological polar surface area (TPSA) is 97.0 Å². The molecule has 0 N–H and O–H groups in total. The largest absolute Gasteiger partial charge is 0.493 e. The van der Waals surface area contributed by atoms with E-state index in [4.69, 9.17) is 9.47 Å². The first-order valence-electron chi connectivity index (χ1n) is 7.34. The van der Waals surface area contributed by atoms with Gasteiger partial charge < -0.3 is 9.47 Å². The van der Waals surface area contributed by atoms with Gasteiger partial charge in [0.2, 0.25) is 0 Å². The number of benzene rings is 1. The molecular formula is C15H16N6O3. The van der Waals surface area contributed by atoms with Crippen LogP contribution in [0.1, 0.15) is 12.5 Å². The van der Waals surface area contributed by atoms with Gasteiger partial charge in [0, 0.05) is 13.1 Å². The zero-order valence-electron chi connectivity index (χ0n) is 13.3. The van der Waals surface area contributed by atoms with Crippen molar-refractivity contribution in [2.45, 2.75) is 13.5 Å². The summed E-state index contributed by atoms with van der Waals surface area (Å²) in [6.07, 6.45) is 3.05. The van der Waals surface area contributed by atoms with E-state index in [1.807, 2.05) is 13.0 Å². The van der Waals surface area contributed by atoms with Gasteiger partial charge in [-0.2, -0.15) is 19.6 Å². The molecule has 0 unspecified atom stereocenters. The molecule has 9 heteroatoms. The van der Waals surface area contributed by atoms with E-state index in [1.165, 1.54) is 24.1 Å². The van der Waals surface area contributed by atoms with Crippen molar-refractivity contribution in [3.05, 3.63) is 52.7 Å². The van der Waals surface area contributed by atoms with Crippen LogP contribution in [0.2, 0.25) is 0 Å². The maximum absolute atomic E-state index is 12.2. The number of nitrogens with zero attached hydrogens (tertiary/aromatic N) is 6. The summed E-state index contributed by atoms with van der Waals surface area (Å²) in [6.45, 7) is 2.56. The molecule has 9 nitrogen and oxygen atoms in total. The molecule has 0 aliphatic heterocycles. The second kappa shape index (κ2) is 6.90. The van der Waals surface area contributed by atoms with Crippen molar-refractivity contribution in [1.29, 1.82) is 0 Å². The molecule has 0 saturated heterocycles. The minimum absolute atomic E-state index is 0.181. The van der Waals surface area contributed by atoms with Gasteiger partial charge in [0.1, 0.15) is 18.1 Å². The van der Waals surface area contributed by atoms with Gasteiger partial charge in [-0.25, -0.2) is 4.79 Å². The van der Waals surface area contributed by atoms with E-state index in [-0.39, 0.29) is 12.3 Å². The molecule has 0 amide bonds. The van der Waals surface area contributed by atoms with Crippen LogP contribution in [0.15, 0.2) is 41.5 Å². The Labute approximate surface area is 137 Å². The summed E-state index contributed by atoms with van der Waals surface area (Å²) >= 11 is 0. The summed E-state index contributed by atoms with van der Waals surface area (Å²) in [5, 5.41) is 15.1. The van der Waals surface area contributed by atoms with Gasteiger partial charge in [0.05, 0.1) is 30.3 Å². The average molecular weight is 328 g/mol. The molecule has 3 rings (SSSR count). The fourth-order valence-electron chi connectivity index (χ4n) is 2.17. The van der Waals surface area contributed by atoms with E-state index in [0.29, 0.717) is 29.4 Å². The normalized spacial score (nSPS) is 10.6. The first-order chi connectivity index (χ1) is 11.7. The predicted molar refractivity (Wildman–Crippen MR) is 84.1 cm³/mol. The van der Waals surface area contributed by atoms with Crippen molar-refractivity contribution in [2.75, 3.05) is 6.61 Å². The van der Waals surface area contributed by atoms with Crippen molar-refractivity contribution in [3.63, 3.8) is 0 Å². The summed E-state index contributed by atoms with van der Waals surface area (Å²) in [5.74, 6) is 1.18. The number of aryl methyl sites for hydroxylation is 1. The molecule has 2 aromatic heterocycles. The molecule has 0 spiro atoms. The van der Waals surface area contributed by atoms with E-state index in [1.54, 1.807) is 18.2 Å². The molecule has 2 heterocycles. The van der Waals surface area contributed by atoms with Crippen molar-refractivity contribution < 1.29 is 9.47 Å². The first-order valence-corrected chi connectivity index (χ1v) is 7.34. The Morgan fingerprint density at radius 3 is 2.67 bits per heavy atom. The first kappa shape index (κ1) is 15.7. The molecule has 1 aromatic carbocycles. The van der Waals surface area contributed by atoms with Crippen LogP contribution in [-0.4, -0.2) is 36.6 Å². The minimum atomic E-state index is -0.351. The highest BCUT2D eigenvalue weighted by Gasteiger charge is 2.16. The van der Waals surface area contributed by atoms with Gasteiger partial charge in [0.15, 0.2) is 0 Å². The number of tetrazole rings is 1. The molecule has 0 radical (unpaired) electrons. The van der Waals surface area contributed by atoms with E-state index in [9.17, 15) is 4.79 Å². The predicted octanol–water partition coefficient (Wildman–Crippen LogP) is 0.734. The van der Waals surface area contributed by atoms with Crippen LogP contribution >= 0.6 is 0 Å². The molecule has 0 aliphatic rings. The smallest absolute Gasteiger partial charge is 0.368 e. The lowest BCUT2D eigenvalue weighted by Gasteiger charge is -2.14. The number of hydrogen-bond donors (Lipinski definition) is 0. The number of ether oxygens (including phenoxy) is 2. The average Bonchev–Trinajstić information content (AvgIpc) is 2.94. The van der Waals surface area contributed by atoms with Crippen molar-refractivity contribution in [2.24, 2.45) is 7.05 Å². The van der Waals surface area contributed by atoms with Crippen LogP contribution in [0.5, 0.6) is 11.5 Å². The number of hydrogen-bond acceptors (Lipinski definition) is 7. The Morgan fingerprint density at radius 2 is 2.00 bits per heavy atom. The quantitative estimate of drug-likeness (QED) is 0.658. The third-order valence-corrected chi connectivity index (χ3v) is 3.30. The fourth-order valence-corrected chi connectivity index (χ4v) is 2.17. The Morgan fingerprint density at radius 1 is 1.12 bits per heavy atom. The second-order valence-corrected chi connectivity index (χ2v) is 4.85. The highest BCUT2D eigenvalue weighted by molar-refractivity contribution is 5.49. The summed E-state index contributed by atoms with van der Waals surface area (Å²) in [4.78, 5) is 12.2. The lowest BCUT2D eigenvalue weighted by Crippen LogP contribution is -2.23. The van der Waals surface area contributed by atoms with Crippen molar-refractivity contribution >= 4 is 0 Å². The second-order valence-electron chi connectivity index (χ2n) is 4.85. The molecular weight excluding hydrogens is 312 g/mol. The Bertz CT molecular complexity index is 874. The highest BCUT2D eigenvalue weighted by atomic mass is 16.5. The SMILES string of the molecule is CCOc1cccc(-n2nnn(C)c2=O)c1COc1ccnnc1. The van der Waals surface area contributed by atoms with Crippen LogP contribution in [-0.2, 0) is 13.7 Å². The van der Waals surface area contributed by atoms with Gasteiger partial charge in [-0.1, -0.05) is 6.07 Å². The minimum Gasteiger partial charge on any atom is -0.493 e. The third-order valence-electron chi connectivity index (χ3n) is 3.30. The standard InChI is InChI=1S/C15H16N6O3/c1-3-23-14-6-4-5-13(21-15(22)20(2)18-19-21)12(14)10-24-11-7-8-16-17-9-11/h4-9H,3,10H2,1-2H3. The maximum Gasteiger partial charge on any atom is 0.368 e. The summed E-state index contributed by atoms with van der Waals surface area (Å²) in [7, 11) is 1.54. The van der Waals surface area contributed by atoms with E-state index in [0.717, 1.165) is 4.68 Å². The summed E-state index contributed by atoms with van der Waals surface area (Å²) < 4.78 is 13.8. The monoisotopic (exact) mass is 328 g/mol. The number of rotatable bonds is 6. The van der Waals surface area contributed by atoms with Crippen LogP contribution in [0.25, 0.3) is 5.69 Å². The highest BCUT2D eigenvalue weighted by Crippen LogP contribution is 2.26. The lowest BCUT2D eigenvalue weighted by atomic mass is 10.1. The van der Waals surface area contributed by atoms with Crippen molar-refractivity contribution in [3.8, 4) is 17.2 Å². The van der Waals surface area contributed by atoms with Gasteiger partial charge in [-0.3, -0.25) is 0 Å². The lowest BCUT2D eigenvalue weighted by molar-refractivity contribution is 0.284. The Kier molecular flexibility index (Phi) is 4.50. The van der Waals surface area contributed by atoms with Crippen molar-refractivity contribution in [1.82, 2.24) is 30.0 Å². The molecule has 0 aliphatic carbocycles. The van der Waals surface area contributed by atoms with E-state index < -0.39 is 0 Å². The zero-order valence-corrected chi connectivity index (χ0v) is 13.3. The molecule has 24 heavy (non-hydrogen) atoms. The Hall–Kier alpha value is -3.23. The fraction of sp³-hybridized carbons (Fsp3) is 0.267. The van der Waals surface area contributed by atoms with Crippen LogP contribution in [0.3, 0.4) is 0 Å².